The normalized spacial score (nSPS) is 20.0. The second kappa shape index (κ2) is 17.6. The van der Waals surface area contributed by atoms with Gasteiger partial charge in [-0.05, 0) is 99.6 Å². The van der Waals surface area contributed by atoms with Crippen molar-refractivity contribution in [1.29, 1.82) is 0 Å². The van der Waals surface area contributed by atoms with Crippen LogP contribution in [-0.2, 0) is 26.1 Å². The van der Waals surface area contributed by atoms with Crippen molar-refractivity contribution in [2.24, 2.45) is 23.9 Å². The molecule has 2 fully saturated rings. The maximum Gasteiger partial charge on any atom is 0.360 e. The molecule has 63 heavy (non-hydrogen) atoms. The molecule has 4 aliphatic rings. The van der Waals surface area contributed by atoms with Gasteiger partial charge in [0.05, 0.1) is 29.9 Å². The van der Waals surface area contributed by atoms with E-state index in [4.69, 9.17) is 24.2 Å². The summed E-state index contributed by atoms with van der Waals surface area (Å²) in [5, 5.41) is 17.8. The fourth-order valence-electron chi connectivity index (χ4n) is 10.2. The number of methoxy groups -OCH3 is 1. The van der Waals surface area contributed by atoms with Gasteiger partial charge >= 0.3 is 11.9 Å². The minimum atomic E-state index is -1.000. The fourth-order valence-corrected chi connectivity index (χ4v) is 11.0. The molecule has 3 unspecified atom stereocenters. The third-order valence-electron chi connectivity index (χ3n) is 12.9. The van der Waals surface area contributed by atoms with Gasteiger partial charge in [-0.25, -0.2) is 9.59 Å². The van der Waals surface area contributed by atoms with E-state index < -0.39 is 17.5 Å². The highest BCUT2D eigenvalue weighted by Crippen LogP contribution is 2.50. The van der Waals surface area contributed by atoms with Gasteiger partial charge in [-0.1, -0.05) is 60.7 Å². The third kappa shape index (κ3) is 7.64. The second-order valence-corrected chi connectivity index (χ2v) is 18.3. The molecule has 0 bridgehead atoms. The van der Waals surface area contributed by atoms with E-state index in [2.05, 4.69) is 101 Å². The number of halogens is 2. The number of likely N-dealkylation sites (N-methyl/N-ethyl adjacent to an activating group) is 1. The number of carboxylic acids is 1. The van der Waals surface area contributed by atoms with Crippen LogP contribution in [0.15, 0.2) is 110 Å². The van der Waals surface area contributed by atoms with Gasteiger partial charge in [0.15, 0.2) is 5.69 Å². The van der Waals surface area contributed by atoms with Gasteiger partial charge in [-0.3, -0.25) is 30.1 Å². The zero-order valence-electron chi connectivity index (χ0n) is 35.4. The van der Waals surface area contributed by atoms with Crippen molar-refractivity contribution in [2.75, 3.05) is 40.6 Å². The summed E-state index contributed by atoms with van der Waals surface area (Å²) in [6.07, 6.45) is 7.18. The summed E-state index contributed by atoms with van der Waals surface area (Å²) in [5.74, 6) is -0.834. The molecule has 0 aliphatic carbocycles. The van der Waals surface area contributed by atoms with Crippen LogP contribution in [-0.4, -0.2) is 92.5 Å². The largest absolute Gasteiger partial charge is 0.477 e. The Labute approximate surface area is 380 Å². The first-order valence-electron chi connectivity index (χ1n) is 21.1. The number of nitrogens with zero attached hydrogens (tertiary/aromatic N) is 7. The SMILES string of the molecule is CN1NC(C(=O)O)=C2C1=c1nccc(Br)c1=NC2(C)C(c1ccccc1)C1CCOCC1.COC(=O)c1nn(C)c2c3ncc(Br)cc3n(C(c3ccccc3)C3CCOCC3)c12. The zero-order chi connectivity index (χ0) is 44.0. The van der Waals surface area contributed by atoms with E-state index in [9.17, 15) is 14.7 Å². The highest BCUT2D eigenvalue weighted by Gasteiger charge is 2.51. The summed E-state index contributed by atoms with van der Waals surface area (Å²) in [7, 11) is 5.06. The molecular weight excluding hydrogens is 932 g/mol. The number of hydrazine groups is 1. The Morgan fingerprint density at radius 1 is 0.889 bits per heavy atom. The highest BCUT2D eigenvalue weighted by molar-refractivity contribution is 9.10. The number of hydrogen-bond acceptors (Lipinski definition) is 11. The molecule has 3 atom stereocenters. The van der Waals surface area contributed by atoms with E-state index >= 15 is 0 Å². The van der Waals surface area contributed by atoms with Crippen LogP contribution in [0.5, 0.6) is 0 Å². The number of aryl methyl sites for hydroxylation is 1. The van der Waals surface area contributed by atoms with Crippen LogP contribution in [0.2, 0.25) is 0 Å². The summed E-state index contributed by atoms with van der Waals surface area (Å²) in [4.78, 5) is 39.6. The first-order chi connectivity index (χ1) is 30.5. The van der Waals surface area contributed by atoms with Crippen LogP contribution < -0.4 is 16.1 Å². The molecule has 14 nitrogen and oxygen atoms in total. The molecular formula is C47H48Br2N8O6. The van der Waals surface area contributed by atoms with E-state index in [-0.39, 0.29) is 17.7 Å². The van der Waals surface area contributed by atoms with Crippen LogP contribution in [0.3, 0.4) is 0 Å². The lowest BCUT2D eigenvalue weighted by molar-refractivity contribution is -0.133. The van der Waals surface area contributed by atoms with Gasteiger partial charge in [0, 0.05) is 73.4 Å². The topological polar surface area (TPSA) is 158 Å². The van der Waals surface area contributed by atoms with Gasteiger partial charge in [-0.15, -0.1) is 0 Å². The monoisotopic (exact) mass is 978 g/mol. The molecule has 0 saturated carbocycles. The van der Waals surface area contributed by atoms with Crippen LogP contribution in [0, 0.1) is 11.8 Å². The number of aromatic nitrogens is 5. The van der Waals surface area contributed by atoms with Crippen LogP contribution >= 0.6 is 31.9 Å². The minimum absolute atomic E-state index is 0.00815. The van der Waals surface area contributed by atoms with Crippen LogP contribution in [0.1, 0.15) is 66.2 Å². The molecule has 0 radical (unpaired) electrons. The lowest BCUT2D eigenvalue weighted by Crippen LogP contribution is -2.50. The number of carbonyl (C=O) groups is 2. The van der Waals surface area contributed by atoms with Gasteiger partial charge in [0.2, 0.25) is 0 Å². The molecule has 2 aromatic carbocycles. The summed E-state index contributed by atoms with van der Waals surface area (Å²) in [5.41, 5.74) is 9.87. The Morgan fingerprint density at radius 2 is 1.52 bits per heavy atom. The number of rotatable bonds is 8. The first kappa shape index (κ1) is 42.9. The summed E-state index contributed by atoms with van der Waals surface area (Å²) in [6.45, 7) is 4.93. The maximum atomic E-state index is 12.7. The Bertz CT molecular complexity index is 2870. The average Bonchev–Trinajstić information content (AvgIpc) is 3.95. The quantitative estimate of drug-likeness (QED) is 0.154. The summed E-state index contributed by atoms with van der Waals surface area (Å²) in [6, 6.07) is 24.7. The zero-order valence-corrected chi connectivity index (χ0v) is 38.6. The molecule has 16 heteroatoms. The van der Waals surface area contributed by atoms with E-state index in [0.717, 1.165) is 86.5 Å². The molecule has 2 saturated heterocycles. The number of ether oxygens (including phenoxy) is 3. The second-order valence-electron chi connectivity index (χ2n) is 16.5. The van der Waals surface area contributed by atoms with Crippen LogP contribution in [0.4, 0.5) is 0 Å². The number of aliphatic carboxylic acids is 1. The van der Waals surface area contributed by atoms with Crippen molar-refractivity contribution in [3.63, 3.8) is 0 Å². The number of fused-ring (bicyclic) bond motifs is 5. The number of carboxylic acid groups (broad SMARTS) is 1. The standard InChI is InChI=1S/C24H25BrN4O3.C23H23BrN4O3/c1-24(17(14-6-4-3-5-7-14)15-9-12-32-13-10-15)18-20(23(30)31)28-29(2)22(18)21-19(27-24)16(25)8-11-26-21;1-27-21-18-17(12-16(24)13-25-18)28(22(21)19(26-27)23(29)30-2)20(14-6-4-3-5-7-14)15-8-10-31-11-9-15/h3-8,11,15,17,28H,9-10,12-13H2,1-2H3,(H,30,31);3-7,12-13,15,20H,8-11H2,1-2H3. The fraction of sp³-hybridized carbons (Fsp3) is 0.362. The lowest BCUT2D eigenvalue weighted by atomic mass is 9.66. The molecule has 6 aromatic rings. The molecule has 10 rings (SSSR count). The number of carbonyl (C=O) groups excluding carboxylic acids is 1. The summed E-state index contributed by atoms with van der Waals surface area (Å²) >= 11 is 7.24. The molecule has 326 valence electrons. The molecule has 8 heterocycles. The Morgan fingerprint density at radius 3 is 2.16 bits per heavy atom. The van der Waals surface area contributed by atoms with Crippen molar-refractivity contribution >= 4 is 71.6 Å². The molecule has 4 aromatic heterocycles. The molecule has 4 aliphatic heterocycles. The van der Waals surface area contributed by atoms with E-state index in [0.29, 0.717) is 41.7 Å². The first-order valence-corrected chi connectivity index (χ1v) is 22.7. The van der Waals surface area contributed by atoms with Gasteiger partial charge in [0.25, 0.3) is 0 Å². The van der Waals surface area contributed by atoms with E-state index in [1.807, 2.05) is 44.4 Å². The predicted molar refractivity (Wildman–Crippen MR) is 244 cm³/mol. The van der Waals surface area contributed by atoms with Crippen molar-refractivity contribution in [2.45, 2.75) is 50.1 Å². The van der Waals surface area contributed by atoms with Gasteiger partial charge in [0.1, 0.15) is 33.0 Å². The predicted octanol–water partition coefficient (Wildman–Crippen LogP) is 6.83. The Kier molecular flexibility index (Phi) is 12.0. The lowest BCUT2D eigenvalue weighted by Gasteiger charge is -2.43. The van der Waals surface area contributed by atoms with E-state index in [1.165, 1.54) is 12.7 Å². The maximum absolute atomic E-state index is 12.7. The van der Waals surface area contributed by atoms with Crippen molar-refractivity contribution < 1.29 is 28.9 Å². The van der Waals surface area contributed by atoms with Crippen LogP contribution in [0.25, 0.3) is 27.8 Å². The third-order valence-corrected chi connectivity index (χ3v) is 13.9. The average molecular weight is 981 g/mol. The number of pyridine rings is 2. The van der Waals surface area contributed by atoms with Gasteiger partial charge in [-0.2, -0.15) is 5.10 Å². The number of esters is 1. The molecule has 0 spiro atoms. The molecule has 2 N–H and O–H groups in total. The summed E-state index contributed by atoms with van der Waals surface area (Å²) < 4.78 is 22.1. The van der Waals surface area contributed by atoms with Crippen molar-refractivity contribution in [3.05, 3.63) is 133 Å². The Balaban J connectivity index is 0.000000160. The number of nitrogens with one attached hydrogen (secondary N) is 1. The minimum Gasteiger partial charge on any atom is -0.477 e. The highest BCUT2D eigenvalue weighted by atomic mass is 79.9. The van der Waals surface area contributed by atoms with Crippen molar-refractivity contribution in [1.82, 2.24) is 34.8 Å². The molecule has 0 amide bonds. The van der Waals surface area contributed by atoms with Crippen molar-refractivity contribution in [3.8, 4) is 0 Å². The number of benzene rings is 2. The number of hydrogen-bond donors (Lipinski definition) is 2. The van der Waals surface area contributed by atoms with Gasteiger partial charge < -0.3 is 23.9 Å². The Hall–Kier alpha value is -5.42. The smallest absolute Gasteiger partial charge is 0.360 e. The van der Waals surface area contributed by atoms with E-state index in [1.54, 1.807) is 22.1 Å².